The summed E-state index contributed by atoms with van der Waals surface area (Å²) in [6.45, 7) is 2.04. The van der Waals surface area contributed by atoms with Crippen LogP contribution in [0.1, 0.15) is 11.3 Å². The van der Waals surface area contributed by atoms with Crippen LogP contribution in [0.25, 0.3) is 27.6 Å². The Morgan fingerprint density at radius 3 is 2.71 bits per heavy atom. The van der Waals surface area contributed by atoms with Gasteiger partial charge in [-0.25, -0.2) is 14.6 Å². The summed E-state index contributed by atoms with van der Waals surface area (Å²) in [5.41, 5.74) is 7.91. The second kappa shape index (κ2) is 6.62. The van der Waals surface area contributed by atoms with E-state index in [1.54, 1.807) is 10.9 Å². The first-order valence-electron chi connectivity index (χ1n) is 8.92. The zero-order valence-electron chi connectivity index (χ0n) is 15.2. The van der Waals surface area contributed by atoms with Crippen LogP contribution in [0.15, 0.2) is 72.2 Å². The molecule has 2 aromatic carbocycles. The molecule has 0 spiro atoms. The van der Waals surface area contributed by atoms with Gasteiger partial charge in [0.25, 0.3) is 0 Å². The number of anilines is 1. The van der Waals surface area contributed by atoms with Crippen LogP contribution in [-0.2, 0) is 0 Å². The second-order valence-corrected chi connectivity index (χ2v) is 6.43. The van der Waals surface area contributed by atoms with E-state index < -0.39 is 0 Å². The molecule has 0 amide bonds. The lowest BCUT2D eigenvalue weighted by Gasteiger charge is -2.03. The molecule has 136 valence electrons. The third-order valence-electron chi connectivity index (χ3n) is 4.67. The van der Waals surface area contributed by atoms with Gasteiger partial charge in [0.1, 0.15) is 6.33 Å². The molecule has 0 unspecified atom stereocenters. The van der Waals surface area contributed by atoms with Gasteiger partial charge in [-0.2, -0.15) is 10.2 Å². The summed E-state index contributed by atoms with van der Waals surface area (Å²) in [5, 5.41) is 10.8. The van der Waals surface area contributed by atoms with E-state index in [0.29, 0.717) is 5.82 Å². The van der Waals surface area contributed by atoms with Crippen LogP contribution >= 0.6 is 0 Å². The molecule has 5 aromatic rings. The summed E-state index contributed by atoms with van der Waals surface area (Å²) >= 11 is 0. The zero-order chi connectivity index (χ0) is 18.9. The molecule has 2 N–H and O–H groups in total. The molecule has 0 saturated heterocycles. The SMILES string of the molecule is Cc1[nH]c2ccccc2c1/C=N\Nc1ncnc2c1cnn2-c1ccccc1. The van der Waals surface area contributed by atoms with Crippen molar-refractivity contribution in [2.24, 2.45) is 5.10 Å². The summed E-state index contributed by atoms with van der Waals surface area (Å²) < 4.78 is 1.79. The highest BCUT2D eigenvalue weighted by Gasteiger charge is 2.11. The molecular formula is C21H17N7. The molecule has 0 saturated carbocycles. The Labute approximate surface area is 160 Å². The van der Waals surface area contributed by atoms with Crippen LogP contribution in [0.5, 0.6) is 0 Å². The smallest absolute Gasteiger partial charge is 0.168 e. The van der Waals surface area contributed by atoms with Crippen LogP contribution < -0.4 is 5.43 Å². The highest BCUT2D eigenvalue weighted by Crippen LogP contribution is 2.22. The molecule has 28 heavy (non-hydrogen) atoms. The number of rotatable bonds is 4. The fourth-order valence-electron chi connectivity index (χ4n) is 3.31. The molecule has 0 atom stereocenters. The number of nitrogens with one attached hydrogen (secondary N) is 2. The number of aromatic nitrogens is 5. The van der Waals surface area contributed by atoms with E-state index in [4.69, 9.17) is 0 Å². The number of para-hydroxylation sites is 2. The average Bonchev–Trinajstić information content (AvgIpc) is 3.30. The molecule has 0 radical (unpaired) electrons. The molecule has 3 heterocycles. The maximum absolute atomic E-state index is 4.46. The Balaban J connectivity index is 1.48. The monoisotopic (exact) mass is 367 g/mol. The van der Waals surface area contributed by atoms with Gasteiger partial charge in [-0.1, -0.05) is 36.4 Å². The molecule has 0 fully saturated rings. The summed E-state index contributed by atoms with van der Waals surface area (Å²) in [5.74, 6) is 0.612. The average molecular weight is 367 g/mol. The molecule has 0 aliphatic rings. The maximum atomic E-state index is 4.46. The van der Waals surface area contributed by atoms with Gasteiger partial charge in [0.2, 0.25) is 0 Å². The van der Waals surface area contributed by atoms with Gasteiger partial charge in [0.05, 0.1) is 23.5 Å². The van der Waals surface area contributed by atoms with E-state index in [9.17, 15) is 0 Å². The lowest BCUT2D eigenvalue weighted by molar-refractivity contribution is 0.895. The number of hydrazone groups is 1. The molecule has 5 rings (SSSR count). The van der Waals surface area contributed by atoms with Crippen molar-refractivity contribution in [1.82, 2.24) is 24.7 Å². The predicted molar refractivity (Wildman–Crippen MR) is 111 cm³/mol. The Morgan fingerprint density at radius 1 is 1.00 bits per heavy atom. The van der Waals surface area contributed by atoms with Gasteiger partial charge in [-0.15, -0.1) is 0 Å². The largest absolute Gasteiger partial charge is 0.358 e. The van der Waals surface area contributed by atoms with E-state index in [1.165, 1.54) is 6.33 Å². The highest BCUT2D eigenvalue weighted by molar-refractivity contribution is 6.01. The van der Waals surface area contributed by atoms with E-state index in [2.05, 4.69) is 42.7 Å². The summed E-state index contributed by atoms with van der Waals surface area (Å²) in [6.07, 6.45) is 5.07. The normalized spacial score (nSPS) is 11.6. The van der Waals surface area contributed by atoms with Gasteiger partial charge >= 0.3 is 0 Å². The summed E-state index contributed by atoms with van der Waals surface area (Å²) in [6, 6.07) is 18.0. The van der Waals surface area contributed by atoms with Gasteiger partial charge in [0.15, 0.2) is 11.5 Å². The first-order chi connectivity index (χ1) is 13.8. The number of fused-ring (bicyclic) bond motifs is 2. The van der Waals surface area contributed by atoms with Gasteiger partial charge in [0, 0.05) is 22.2 Å². The second-order valence-electron chi connectivity index (χ2n) is 6.43. The molecule has 7 nitrogen and oxygen atoms in total. The lowest BCUT2D eigenvalue weighted by atomic mass is 10.1. The van der Waals surface area contributed by atoms with E-state index in [-0.39, 0.29) is 0 Å². The molecule has 7 heteroatoms. The van der Waals surface area contributed by atoms with Gasteiger partial charge in [-0.3, -0.25) is 5.43 Å². The van der Waals surface area contributed by atoms with Crippen molar-refractivity contribution in [3.05, 3.63) is 78.4 Å². The van der Waals surface area contributed by atoms with Crippen molar-refractivity contribution < 1.29 is 0 Å². The van der Waals surface area contributed by atoms with Crippen LogP contribution in [0.4, 0.5) is 5.82 Å². The Morgan fingerprint density at radius 2 is 1.82 bits per heavy atom. The third-order valence-corrected chi connectivity index (χ3v) is 4.67. The topological polar surface area (TPSA) is 83.8 Å². The predicted octanol–water partition coefficient (Wildman–Crippen LogP) is 4.05. The van der Waals surface area contributed by atoms with Crippen molar-refractivity contribution in [3.63, 3.8) is 0 Å². The van der Waals surface area contributed by atoms with Gasteiger partial charge < -0.3 is 4.98 Å². The minimum atomic E-state index is 0.612. The first kappa shape index (κ1) is 16.2. The molecule has 3 aromatic heterocycles. The zero-order valence-corrected chi connectivity index (χ0v) is 15.2. The van der Waals surface area contributed by atoms with Crippen LogP contribution in [0.2, 0.25) is 0 Å². The standard InChI is InChI=1S/C21H17N7/c1-14-17(16-9-5-6-10-19(16)26-14)11-24-27-20-18-12-25-28(21(18)23-13-22-20)15-7-3-2-4-8-15/h2-13,26H,1H3,(H,22,23,27)/b24-11-. The number of hydrogen-bond acceptors (Lipinski definition) is 5. The summed E-state index contributed by atoms with van der Waals surface area (Å²) in [4.78, 5) is 12.1. The molecular weight excluding hydrogens is 350 g/mol. The molecule has 0 aliphatic carbocycles. The fourth-order valence-corrected chi connectivity index (χ4v) is 3.31. The summed E-state index contributed by atoms with van der Waals surface area (Å²) in [7, 11) is 0. The lowest BCUT2D eigenvalue weighted by Crippen LogP contribution is -1.99. The highest BCUT2D eigenvalue weighted by atomic mass is 15.3. The number of aromatic amines is 1. The third kappa shape index (κ3) is 2.69. The number of H-pyrrole nitrogens is 1. The Bertz CT molecular complexity index is 1300. The number of benzene rings is 2. The van der Waals surface area contributed by atoms with Crippen LogP contribution in [-0.4, -0.2) is 30.9 Å². The molecule has 0 bridgehead atoms. The quantitative estimate of drug-likeness (QED) is 0.371. The first-order valence-corrected chi connectivity index (χ1v) is 8.92. The minimum absolute atomic E-state index is 0.612. The van der Waals surface area contributed by atoms with Crippen molar-refractivity contribution in [2.75, 3.05) is 5.43 Å². The number of nitrogens with zero attached hydrogens (tertiary/aromatic N) is 5. The maximum Gasteiger partial charge on any atom is 0.168 e. The van der Waals surface area contributed by atoms with Crippen LogP contribution in [0, 0.1) is 6.92 Å². The van der Waals surface area contributed by atoms with E-state index >= 15 is 0 Å². The number of aryl methyl sites for hydroxylation is 1. The fraction of sp³-hybridized carbons (Fsp3) is 0.0476. The Hall–Kier alpha value is -4.00. The molecule has 0 aliphatic heterocycles. The number of hydrogen-bond donors (Lipinski definition) is 2. The Kier molecular flexibility index (Phi) is 3.83. The van der Waals surface area contributed by atoms with E-state index in [0.717, 1.165) is 38.9 Å². The van der Waals surface area contributed by atoms with E-state index in [1.807, 2.05) is 55.6 Å². The van der Waals surface area contributed by atoms with Crippen molar-refractivity contribution in [3.8, 4) is 5.69 Å². The van der Waals surface area contributed by atoms with Gasteiger partial charge in [-0.05, 0) is 25.1 Å². The van der Waals surface area contributed by atoms with Crippen LogP contribution in [0.3, 0.4) is 0 Å². The van der Waals surface area contributed by atoms with Crippen molar-refractivity contribution >= 4 is 34.0 Å². The minimum Gasteiger partial charge on any atom is -0.358 e. The van der Waals surface area contributed by atoms with Crippen molar-refractivity contribution in [2.45, 2.75) is 6.92 Å². The van der Waals surface area contributed by atoms with Crippen molar-refractivity contribution in [1.29, 1.82) is 0 Å².